The van der Waals surface area contributed by atoms with Crippen LogP contribution in [0.5, 0.6) is 0 Å². The molecule has 0 unspecified atom stereocenters. The molecule has 4 nitrogen and oxygen atoms in total. The minimum absolute atomic E-state index is 0.0597. The second kappa shape index (κ2) is 5.63. The summed E-state index contributed by atoms with van der Waals surface area (Å²) in [5.41, 5.74) is 1.37. The van der Waals surface area contributed by atoms with E-state index in [1.54, 1.807) is 36.4 Å². The lowest BCUT2D eigenvalue weighted by Crippen LogP contribution is -2.13. The van der Waals surface area contributed by atoms with Crippen LogP contribution in [0.4, 0.5) is 5.69 Å². The molecule has 1 aromatic heterocycles. The van der Waals surface area contributed by atoms with E-state index in [1.807, 2.05) is 0 Å². The molecule has 0 aliphatic heterocycles. The summed E-state index contributed by atoms with van der Waals surface area (Å²) in [6.07, 6.45) is 1.51. The van der Waals surface area contributed by atoms with Crippen molar-refractivity contribution in [2.24, 2.45) is 0 Å². The first-order valence-corrected chi connectivity index (χ1v) is 5.98. The van der Waals surface area contributed by atoms with Gasteiger partial charge in [-0.2, -0.15) is 0 Å². The number of nitrogens with zero attached hydrogens (tertiary/aromatic N) is 1. The second-order valence-corrected chi connectivity index (χ2v) is 4.29. The Bertz CT molecular complexity index is 641. The topological polar surface area (TPSA) is 59.1 Å². The standard InChI is InChI=1S/C14H11ClN2O2/c1-9(18)10-4-2-5-11(8-10)17-14(19)12-6-3-7-16-13(12)15/h2-8H,1H3,(H,17,19). The van der Waals surface area contributed by atoms with Gasteiger partial charge in [0.25, 0.3) is 5.91 Å². The van der Waals surface area contributed by atoms with E-state index in [-0.39, 0.29) is 22.4 Å². The van der Waals surface area contributed by atoms with Crippen LogP contribution < -0.4 is 5.32 Å². The first-order valence-electron chi connectivity index (χ1n) is 5.61. The van der Waals surface area contributed by atoms with E-state index in [1.165, 1.54) is 13.1 Å². The number of Topliss-reactive ketones (excluding diaryl/α,β-unsaturated/α-hetero) is 1. The fraction of sp³-hybridized carbons (Fsp3) is 0.0714. The maximum absolute atomic E-state index is 12.0. The van der Waals surface area contributed by atoms with Crippen LogP contribution >= 0.6 is 11.6 Å². The third-order valence-electron chi connectivity index (χ3n) is 2.53. The third-order valence-corrected chi connectivity index (χ3v) is 2.83. The summed E-state index contributed by atoms with van der Waals surface area (Å²) < 4.78 is 0. The first kappa shape index (κ1) is 13.2. The van der Waals surface area contributed by atoms with Gasteiger partial charge < -0.3 is 5.32 Å². The Morgan fingerprint density at radius 2 is 2.00 bits per heavy atom. The highest BCUT2D eigenvalue weighted by Gasteiger charge is 2.11. The van der Waals surface area contributed by atoms with Gasteiger partial charge in [0.2, 0.25) is 0 Å². The number of hydrogen-bond donors (Lipinski definition) is 1. The molecule has 0 radical (unpaired) electrons. The molecular formula is C14H11ClN2O2. The summed E-state index contributed by atoms with van der Waals surface area (Å²) in [5.74, 6) is -0.422. The van der Waals surface area contributed by atoms with Crippen LogP contribution in [-0.4, -0.2) is 16.7 Å². The second-order valence-electron chi connectivity index (χ2n) is 3.93. The van der Waals surface area contributed by atoms with Gasteiger partial charge in [-0.25, -0.2) is 4.98 Å². The van der Waals surface area contributed by atoms with Crippen molar-refractivity contribution in [1.29, 1.82) is 0 Å². The summed E-state index contributed by atoms with van der Waals surface area (Å²) in [6.45, 7) is 1.47. The van der Waals surface area contributed by atoms with E-state index in [9.17, 15) is 9.59 Å². The van der Waals surface area contributed by atoms with Crippen molar-refractivity contribution >= 4 is 29.0 Å². The molecule has 2 rings (SSSR count). The van der Waals surface area contributed by atoms with Crippen LogP contribution in [0.25, 0.3) is 0 Å². The van der Waals surface area contributed by atoms with E-state index in [0.717, 1.165) is 0 Å². The maximum atomic E-state index is 12.0. The molecule has 1 aromatic carbocycles. The average Bonchev–Trinajstić information content (AvgIpc) is 2.39. The average molecular weight is 275 g/mol. The van der Waals surface area contributed by atoms with Crippen LogP contribution in [0.1, 0.15) is 27.6 Å². The van der Waals surface area contributed by atoms with Crippen molar-refractivity contribution in [3.05, 3.63) is 58.9 Å². The number of benzene rings is 1. The van der Waals surface area contributed by atoms with Gasteiger partial charge in [0, 0.05) is 17.4 Å². The van der Waals surface area contributed by atoms with Gasteiger partial charge in [0.1, 0.15) is 5.15 Å². The van der Waals surface area contributed by atoms with Gasteiger partial charge in [-0.05, 0) is 31.2 Å². The van der Waals surface area contributed by atoms with Crippen LogP contribution in [0.2, 0.25) is 5.15 Å². The number of anilines is 1. The largest absolute Gasteiger partial charge is 0.322 e. The zero-order valence-electron chi connectivity index (χ0n) is 10.2. The molecule has 1 N–H and O–H groups in total. The van der Waals surface area contributed by atoms with Gasteiger partial charge in [-0.3, -0.25) is 9.59 Å². The van der Waals surface area contributed by atoms with Crippen molar-refractivity contribution in [2.75, 3.05) is 5.32 Å². The van der Waals surface area contributed by atoms with Crippen LogP contribution in [0.3, 0.4) is 0 Å². The molecule has 96 valence electrons. The molecule has 19 heavy (non-hydrogen) atoms. The molecule has 0 saturated carbocycles. The molecule has 1 heterocycles. The van der Waals surface area contributed by atoms with Gasteiger partial charge in [-0.15, -0.1) is 0 Å². The summed E-state index contributed by atoms with van der Waals surface area (Å²) in [4.78, 5) is 27.1. The zero-order valence-corrected chi connectivity index (χ0v) is 10.9. The highest BCUT2D eigenvalue weighted by Crippen LogP contribution is 2.16. The number of aromatic nitrogens is 1. The molecule has 0 fully saturated rings. The van der Waals surface area contributed by atoms with Crippen molar-refractivity contribution < 1.29 is 9.59 Å². The fourth-order valence-electron chi connectivity index (χ4n) is 1.57. The summed E-state index contributed by atoms with van der Waals surface area (Å²) in [6, 6.07) is 9.93. The monoisotopic (exact) mass is 274 g/mol. The number of halogens is 1. The van der Waals surface area contributed by atoms with E-state index >= 15 is 0 Å². The van der Waals surface area contributed by atoms with Crippen molar-refractivity contribution in [1.82, 2.24) is 4.98 Å². The lowest BCUT2D eigenvalue weighted by Gasteiger charge is -2.07. The Hall–Kier alpha value is -2.20. The number of amides is 1. The van der Waals surface area contributed by atoms with Crippen molar-refractivity contribution in [3.63, 3.8) is 0 Å². The zero-order chi connectivity index (χ0) is 13.8. The quantitative estimate of drug-likeness (QED) is 0.691. The Morgan fingerprint density at radius 1 is 1.21 bits per heavy atom. The van der Waals surface area contributed by atoms with Crippen LogP contribution in [0, 0.1) is 0 Å². The normalized spacial score (nSPS) is 10.0. The highest BCUT2D eigenvalue weighted by atomic mass is 35.5. The summed E-state index contributed by atoms with van der Waals surface area (Å²) >= 11 is 5.84. The Labute approximate surface area is 115 Å². The molecule has 0 aliphatic carbocycles. The van der Waals surface area contributed by atoms with E-state index in [2.05, 4.69) is 10.3 Å². The number of nitrogens with one attached hydrogen (secondary N) is 1. The SMILES string of the molecule is CC(=O)c1cccc(NC(=O)c2cccnc2Cl)c1. The Morgan fingerprint density at radius 3 is 2.68 bits per heavy atom. The van der Waals surface area contributed by atoms with Gasteiger partial charge >= 0.3 is 0 Å². The smallest absolute Gasteiger partial charge is 0.258 e. The number of hydrogen-bond acceptors (Lipinski definition) is 3. The fourth-order valence-corrected chi connectivity index (χ4v) is 1.77. The Kier molecular flexibility index (Phi) is 3.92. The van der Waals surface area contributed by atoms with E-state index in [0.29, 0.717) is 11.3 Å². The third kappa shape index (κ3) is 3.17. The molecule has 0 aliphatic rings. The molecular weight excluding hydrogens is 264 g/mol. The highest BCUT2D eigenvalue weighted by molar-refractivity contribution is 6.33. The molecule has 2 aromatic rings. The maximum Gasteiger partial charge on any atom is 0.258 e. The Balaban J connectivity index is 2.22. The number of carbonyl (C=O) groups is 2. The van der Waals surface area contributed by atoms with Gasteiger partial charge in [0.05, 0.1) is 5.56 Å². The van der Waals surface area contributed by atoms with Crippen molar-refractivity contribution in [2.45, 2.75) is 6.92 Å². The van der Waals surface area contributed by atoms with Crippen molar-refractivity contribution in [3.8, 4) is 0 Å². The van der Waals surface area contributed by atoms with Crippen LogP contribution in [0.15, 0.2) is 42.6 Å². The molecule has 0 atom stereocenters. The molecule has 0 spiro atoms. The minimum atomic E-state index is -0.362. The molecule has 1 amide bonds. The lowest BCUT2D eigenvalue weighted by molar-refractivity contribution is 0.101. The van der Waals surface area contributed by atoms with Crippen LogP contribution in [-0.2, 0) is 0 Å². The first-order chi connectivity index (χ1) is 9.08. The predicted molar refractivity (Wildman–Crippen MR) is 73.6 cm³/mol. The minimum Gasteiger partial charge on any atom is -0.322 e. The lowest BCUT2D eigenvalue weighted by atomic mass is 10.1. The predicted octanol–water partition coefficient (Wildman–Crippen LogP) is 3.19. The number of pyridine rings is 1. The molecule has 5 heteroatoms. The van der Waals surface area contributed by atoms with E-state index < -0.39 is 0 Å². The van der Waals surface area contributed by atoms with Gasteiger partial charge in [0.15, 0.2) is 5.78 Å². The summed E-state index contributed by atoms with van der Waals surface area (Å²) in [5, 5.41) is 2.82. The number of carbonyl (C=O) groups excluding carboxylic acids is 2. The molecule has 0 bridgehead atoms. The number of rotatable bonds is 3. The summed E-state index contributed by atoms with van der Waals surface area (Å²) in [7, 11) is 0. The molecule has 0 saturated heterocycles. The van der Waals surface area contributed by atoms with Gasteiger partial charge in [-0.1, -0.05) is 23.7 Å². The number of ketones is 1. The van der Waals surface area contributed by atoms with E-state index in [4.69, 9.17) is 11.6 Å².